The van der Waals surface area contributed by atoms with Crippen LogP contribution in [0.25, 0.3) is 6.08 Å². The van der Waals surface area contributed by atoms with Crippen LogP contribution in [0.2, 0.25) is 0 Å². The molecular formula is C12H11FO3. The zero-order chi connectivity index (χ0) is 12.0. The Hall–Kier alpha value is -1.97. The number of carbonyl (C=O) groups excluding carboxylic acids is 2. The van der Waals surface area contributed by atoms with E-state index in [-0.39, 0.29) is 6.42 Å². The normalized spacial score (nSPS) is 10.4. The molecule has 4 heteroatoms. The first-order valence-corrected chi connectivity index (χ1v) is 4.65. The largest absolute Gasteiger partial charge is 0.469 e. The molecule has 0 saturated carbocycles. The van der Waals surface area contributed by atoms with Crippen molar-refractivity contribution in [3.63, 3.8) is 0 Å². The number of carbonyl (C=O) groups is 2. The minimum Gasteiger partial charge on any atom is -0.469 e. The number of halogens is 1. The Morgan fingerprint density at radius 2 is 2.06 bits per heavy atom. The average molecular weight is 222 g/mol. The van der Waals surface area contributed by atoms with Crippen LogP contribution in [0.5, 0.6) is 0 Å². The van der Waals surface area contributed by atoms with Gasteiger partial charge in [0.1, 0.15) is 12.2 Å². The maximum absolute atomic E-state index is 13.1. The van der Waals surface area contributed by atoms with Gasteiger partial charge in [0, 0.05) is 5.56 Å². The fourth-order valence-corrected chi connectivity index (χ4v) is 1.07. The molecule has 0 aliphatic rings. The zero-order valence-corrected chi connectivity index (χ0v) is 8.77. The number of ketones is 1. The summed E-state index contributed by atoms with van der Waals surface area (Å²) in [6.07, 6.45) is 2.16. The van der Waals surface area contributed by atoms with Gasteiger partial charge < -0.3 is 4.74 Å². The lowest BCUT2D eigenvalue weighted by Gasteiger charge is -1.96. The van der Waals surface area contributed by atoms with Crippen molar-refractivity contribution in [2.45, 2.75) is 6.42 Å². The average Bonchev–Trinajstić information content (AvgIpc) is 2.28. The molecule has 0 atom stereocenters. The third-order valence-electron chi connectivity index (χ3n) is 1.90. The van der Waals surface area contributed by atoms with Crippen LogP contribution in [0.4, 0.5) is 4.39 Å². The number of hydrogen-bond acceptors (Lipinski definition) is 3. The van der Waals surface area contributed by atoms with Gasteiger partial charge in [0.25, 0.3) is 0 Å². The van der Waals surface area contributed by atoms with Gasteiger partial charge in [-0.2, -0.15) is 0 Å². The Balaban J connectivity index is 2.64. The van der Waals surface area contributed by atoms with Crippen LogP contribution >= 0.6 is 0 Å². The Kier molecular flexibility index (Phi) is 4.39. The molecular weight excluding hydrogens is 211 g/mol. The molecule has 0 aromatic heterocycles. The Bertz CT molecular complexity index is 424. The second kappa shape index (κ2) is 5.80. The van der Waals surface area contributed by atoms with Crippen molar-refractivity contribution in [1.29, 1.82) is 0 Å². The van der Waals surface area contributed by atoms with E-state index in [0.717, 1.165) is 6.08 Å². The highest BCUT2D eigenvalue weighted by Crippen LogP contribution is 2.08. The first-order valence-electron chi connectivity index (χ1n) is 4.65. The zero-order valence-electron chi connectivity index (χ0n) is 8.77. The molecule has 1 aromatic rings. The molecule has 16 heavy (non-hydrogen) atoms. The minimum atomic E-state index is -0.608. The highest BCUT2D eigenvalue weighted by atomic mass is 19.1. The van der Waals surface area contributed by atoms with E-state index in [1.54, 1.807) is 12.1 Å². The first-order chi connectivity index (χ1) is 7.63. The standard InChI is InChI=1S/C12H11FO3/c1-16-12(15)8-10(14)7-6-9-4-2-3-5-11(9)13/h2-7H,8H2,1H3. The van der Waals surface area contributed by atoms with E-state index in [9.17, 15) is 14.0 Å². The summed E-state index contributed by atoms with van der Waals surface area (Å²) in [5, 5.41) is 0. The summed E-state index contributed by atoms with van der Waals surface area (Å²) in [6, 6.07) is 6.05. The summed E-state index contributed by atoms with van der Waals surface area (Å²) in [4.78, 5) is 21.9. The predicted molar refractivity (Wildman–Crippen MR) is 57.1 cm³/mol. The predicted octanol–water partition coefficient (Wildman–Crippen LogP) is 1.97. The lowest BCUT2D eigenvalue weighted by molar-refractivity contribution is -0.142. The van der Waals surface area contributed by atoms with Crippen LogP contribution in [0.1, 0.15) is 12.0 Å². The second-order valence-electron chi connectivity index (χ2n) is 3.07. The van der Waals surface area contributed by atoms with Crippen LogP contribution in [-0.4, -0.2) is 18.9 Å². The third kappa shape index (κ3) is 3.65. The molecule has 0 unspecified atom stereocenters. The highest BCUT2D eigenvalue weighted by Gasteiger charge is 2.06. The van der Waals surface area contributed by atoms with Crippen LogP contribution < -0.4 is 0 Å². The van der Waals surface area contributed by atoms with E-state index in [1.807, 2.05) is 0 Å². The molecule has 0 N–H and O–H groups in total. The van der Waals surface area contributed by atoms with Crippen LogP contribution in [0, 0.1) is 5.82 Å². The lowest BCUT2D eigenvalue weighted by Crippen LogP contribution is -2.06. The smallest absolute Gasteiger partial charge is 0.313 e. The van der Waals surface area contributed by atoms with E-state index >= 15 is 0 Å². The molecule has 0 radical (unpaired) electrons. The highest BCUT2D eigenvalue weighted by molar-refractivity contribution is 6.03. The fraction of sp³-hybridized carbons (Fsp3) is 0.167. The molecule has 0 aliphatic heterocycles. The number of ether oxygens (including phenoxy) is 1. The number of benzene rings is 1. The van der Waals surface area contributed by atoms with E-state index in [0.29, 0.717) is 5.56 Å². The second-order valence-corrected chi connectivity index (χ2v) is 3.07. The molecule has 84 valence electrons. The quantitative estimate of drug-likeness (QED) is 0.444. The van der Waals surface area contributed by atoms with E-state index in [1.165, 1.54) is 25.3 Å². The van der Waals surface area contributed by atoms with Gasteiger partial charge >= 0.3 is 5.97 Å². The fourth-order valence-electron chi connectivity index (χ4n) is 1.07. The maximum atomic E-state index is 13.1. The van der Waals surface area contributed by atoms with Gasteiger partial charge in [0.2, 0.25) is 0 Å². The van der Waals surface area contributed by atoms with E-state index in [2.05, 4.69) is 4.74 Å². The van der Waals surface area contributed by atoms with Crippen molar-refractivity contribution < 1.29 is 18.7 Å². The summed E-state index contributed by atoms with van der Waals surface area (Å²) in [6.45, 7) is 0. The minimum absolute atomic E-state index is 0.306. The lowest BCUT2D eigenvalue weighted by atomic mass is 10.1. The molecule has 1 aromatic carbocycles. The summed E-state index contributed by atoms with van der Waals surface area (Å²) in [5.41, 5.74) is 0.306. The van der Waals surface area contributed by atoms with Gasteiger partial charge in [0.15, 0.2) is 5.78 Å². The molecule has 1 rings (SSSR count). The van der Waals surface area contributed by atoms with Crippen molar-refractivity contribution in [2.24, 2.45) is 0 Å². The van der Waals surface area contributed by atoms with Crippen LogP contribution in [0.15, 0.2) is 30.3 Å². The Morgan fingerprint density at radius 1 is 1.38 bits per heavy atom. The number of rotatable bonds is 4. The van der Waals surface area contributed by atoms with E-state index in [4.69, 9.17) is 0 Å². The van der Waals surface area contributed by atoms with Crippen molar-refractivity contribution in [2.75, 3.05) is 7.11 Å². The van der Waals surface area contributed by atoms with Gasteiger partial charge in [-0.15, -0.1) is 0 Å². The monoisotopic (exact) mass is 222 g/mol. The molecule has 0 bridgehead atoms. The van der Waals surface area contributed by atoms with Gasteiger partial charge in [-0.1, -0.05) is 18.2 Å². The summed E-state index contributed by atoms with van der Waals surface area (Å²) < 4.78 is 17.4. The van der Waals surface area contributed by atoms with Gasteiger partial charge in [-0.3, -0.25) is 9.59 Å². The van der Waals surface area contributed by atoms with Crippen molar-refractivity contribution in [3.8, 4) is 0 Å². The van der Waals surface area contributed by atoms with Crippen molar-refractivity contribution in [1.82, 2.24) is 0 Å². The van der Waals surface area contributed by atoms with Crippen LogP contribution in [-0.2, 0) is 14.3 Å². The summed E-state index contributed by atoms with van der Waals surface area (Å²) in [7, 11) is 1.20. The summed E-state index contributed by atoms with van der Waals surface area (Å²) >= 11 is 0. The molecule has 0 heterocycles. The van der Waals surface area contributed by atoms with Gasteiger partial charge in [-0.05, 0) is 18.2 Å². The molecule has 0 aliphatic carbocycles. The van der Waals surface area contributed by atoms with Crippen molar-refractivity contribution >= 4 is 17.8 Å². The molecule has 0 fully saturated rings. The maximum Gasteiger partial charge on any atom is 0.313 e. The van der Waals surface area contributed by atoms with Crippen LogP contribution in [0.3, 0.4) is 0 Å². The first kappa shape index (κ1) is 12.1. The third-order valence-corrected chi connectivity index (χ3v) is 1.90. The molecule has 0 spiro atoms. The number of allylic oxidation sites excluding steroid dienone is 1. The van der Waals surface area contributed by atoms with E-state index < -0.39 is 17.6 Å². The number of methoxy groups -OCH3 is 1. The topological polar surface area (TPSA) is 43.4 Å². The Morgan fingerprint density at radius 3 is 2.69 bits per heavy atom. The Labute approximate surface area is 92.5 Å². The summed E-state index contributed by atoms with van der Waals surface area (Å²) in [5.74, 6) is -1.44. The molecule has 3 nitrogen and oxygen atoms in total. The number of hydrogen-bond donors (Lipinski definition) is 0. The van der Waals surface area contributed by atoms with Gasteiger partial charge in [0.05, 0.1) is 7.11 Å². The number of esters is 1. The molecule has 0 saturated heterocycles. The van der Waals surface area contributed by atoms with Crippen molar-refractivity contribution in [3.05, 3.63) is 41.7 Å². The SMILES string of the molecule is COC(=O)CC(=O)C=Cc1ccccc1F. The molecule has 0 amide bonds. The van der Waals surface area contributed by atoms with Gasteiger partial charge in [-0.25, -0.2) is 4.39 Å².